The Hall–Kier alpha value is -2.33. The minimum Gasteiger partial charge on any atom is -0.481 e. The summed E-state index contributed by atoms with van der Waals surface area (Å²) in [5.41, 5.74) is 5.16. The Morgan fingerprint density at radius 2 is 2.21 bits per heavy atom. The molecule has 1 aliphatic heterocycles. The Bertz CT molecular complexity index is 641. The van der Waals surface area contributed by atoms with Gasteiger partial charge < -0.3 is 4.74 Å². The quantitative estimate of drug-likeness (QED) is 0.597. The molecule has 1 aromatic rings. The van der Waals surface area contributed by atoms with Crippen LogP contribution >= 0.6 is 0 Å². The number of rotatable bonds is 1. The van der Waals surface area contributed by atoms with Crippen molar-refractivity contribution in [1.82, 2.24) is 5.48 Å². The molecule has 1 aromatic carbocycles. The average Bonchev–Trinajstić information content (AvgIpc) is 2.43. The Morgan fingerprint density at radius 1 is 1.37 bits per heavy atom. The molecule has 1 heterocycles. The van der Waals surface area contributed by atoms with Crippen molar-refractivity contribution >= 4 is 12.0 Å². The van der Waals surface area contributed by atoms with Crippen LogP contribution in [0.1, 0.15) is 11.1 Å². The number of fused-ring (bicyclic) bond motifs is 2. The minimum atomic E-state index is -0.533. The molecule has 0 fully saturated rings. The van der Waals surface area contributed by atoms with Gasteiger partial charge in [-0.3, -0.25) is 10.0 Å². The van der Waals surface area contributed by atoms with Crippen LogP contribution < -0.4 is 10.2 Å². The van der Waals surface area contributed by atoms with E-state index in [2.05, 4.69) is 0 Å². The van der Waals surface area contributed by atoms with Gasteiger partial charge >= 0.3 is 0 Å². The minimum absolute atomic E-state index is 0.286. The third kappa shape index (κ3) is 2.06. The topological polar surface area (TPSA) is 58.6 Å². The summed E-state index contributed by atoms with van der Waals surface area (Å²) < 4.78 is 5.88. The number of nitrogens with one attached hydrogen (secondary N) is 1. The van der Waals surface area contributed by atoms with Crippen LogP contribution in [-0.2, 0) is 4.79 Å². The van der Waals surface area contributed by atoms with Gasteiger partial charge in [-0.1, -0.05) is 18.2 Å². The van der Waals surface area contributed by atoms with Crippen molar-refractivity contribution in [2.75, 3.05) is 0 Å². The number of benzene rings is 1. The van der Waals surface area contributed by atoms with Gasteiger partial charge in [0.25, 0.3) is 5.91 Å². The van der Waals surface area contributed by atoms with Gasteiger partial charge in [-0.15, -0.1) is 0 Å². The van der Waals surface area contributed by atoms with E-state index < -0.39 is 5.91 Å². The second-order valence-corrected chi connectivity index (χ2v) is 4.62. The molecule has 19 heavy (non-hydrogen) atoms. The van der Waals surface area contributed by atoms with Crippen molar-refractivity contribution in [2.45, 2.75) is 13.0 Å². The molecular weight excluding hydrogens is 242 g/mol. The van der Waals surface area contributed by atoms with Gasteiger partial charge in [0.05, 0.1) is 0 Å². The molecule has 3 rings (SSSR count). The van der Waals surface area contributed by atoms with Crippen LogP contribution in [0.25, 0.3) is 6.08 Å². The zero-order valence-electron chi connectivity index (χ0n) is 10.4. The molecule has 1 aliphatic carbocycles. The normalized spacial score (nSPS) is 19.6. The molecule has 2 N–H and O–H groups in total. The molecule has 4 nitrogen and oxygen atoms in total. The maximum atomic E-state index is 11.4. The Kier molecular flexibility index (Phi) is 2.72. The number of carbonyl (C=O) groups excluding carboxylic acids is 1. The van der Waals surface area contributed by atoms with Crippen molar-refractivity contribution < 1.29 is 14.7 Å². The van der Waals surface area contributed by atoms with Gasteiger partial charge in [-0.25, -0.2) is 5.48 Å². The summed E-state index contributed by atoms with van der Waals surface area (Å²) in [5.74, 6) is 0.276. The Morgan fingerprint density at radius 3 is 3.00 bits per heavy atom. The molecule has 0 aromatic heterocycles. The van der Waals surface area contributed by atoms with E-state index in [-0.39, 0.29) is 6.10 Å². The van der Waals surface area contributed by atoms with Gasteiger partial charge in [0.15, 0.2) is 0 Å². The first-order valence-corrected chi connectivity index (χ1v) is 6.00. The van der Waals surface area contributed by atoms with Crippen LogP contribution in [0.15, 0.2) is 47.6 Å². The standard InChI is InChI=1S/C15H13NO3/c1-9-2-3-10-7-11-4-5-12(15(17)16-18)8-14(11)19-13(10)6-9/h2-8,14,18H,1H3,(H,16,17). The van der Waals surface area contributed by atoms with Gasteiger partial charge in [0, 0.05) is 11.1 Å². The molecule has 0 spiro atoms. The van der Waals surface area contributed by atoms with Gasteiger partial charge in [-0.05, 0) is 42.4 Å². The maximum absolute atomic E-state index is 11.4. The molecule has 0 bridgehead atoms. The summed E-state index contributed by atoms with van der Waals surface area (Å²) in [5, 5.41) is 8.65. The first kappa shape index (κ1) is 11.7. The molecule has 0 saturated heterocycles. The molecule has 1 amide bonds. The van der Waals surface area contributed by atoms with Crippen LogP contribution in [0, 0.1) is 6.92 Å². The van der Waals surface area contributed by atoms with Crippen molar-refractivity contribution in [3.63, 3.8) is 0 Å². The van der Waals surface area contributed by atoms with Gasteiger partial charge in [-0.2, -0.15) is 0 Å². The lowest BCUT2D eigenvalue weighted by Gasteiger charge is -2.26. The lowest BCUT2D eigenvalue weighted by atomic mass is 9.94. The van der Waals surface area contributed by atoms with Crippen LogP contribution in [0.3, 0.4) is 0 Å². The average molecular weight is 255 g/mol. The summed E-state index contributed by atoms with van der Waals surface area (Å²) in [6.45, 7) is 2.00. The third-order valence-corrected chi connectivity index (χ3v) is 3.22. The van der Waals surface area contributed by atoms with E-state index in [1.165, 1.54) is 0 Å². The highest BCUT2D eigenvalue weighted by Gasteiger charge is 2.23. The van der Waals surface area contributed by atoms with Crippen LogP contribution in [0.4, 0.5) is 0 Å². The summed E-state index contributed by atoms with van der Waals surface area (Å²) in [7, 11) is 0. The fourth-order valence-corrected chi connectivity index (χ4v) is 2.22. The Balaban J connectivity index is 1.98. The number of amides is 1. The van der Waals surface area contributed by atoms with Crippen molar-refractivity contribution in [3.05, 3.63) is 58.7 Å². The third-order valence-electron chi connectivity index (χ3n) is 3.22. The molecule has 0 saturated carbocycles. The van der Waals surface area contributed by atoms with Crippen LogP contribution in [-0.4, -0.2) is 17.2 Å². The van der Waals surface area contributed by atoms with Gasteiger partial charge in [0.1, 0.15) is 11.9 Å². The highest BCUT2D eigenvalue weighted by Crippen LogP contribution is 2.33. The second-order valence-electron chi connectivity index (χ2n) is 4.62. The first-order valence-electron chi connectivity index (χ1n) is 6.00. The zero-order valence-corrected chi connectivity index (χ0v) is 10.4. The van der Waals surface area contributed by atoms with Crippen LogP contribution in [0.2, 0.25) is 0 Å². The highest BCUT2D eigenvalue weighted by atomic mass is 16.5. The number of hydrogen-bond donors (Lipinski definition) is 2. The second kappa shape index (κ2) is 4.40. The number of hydroxylamine groups is 1. The number of hydrogen-bond acceptors (Lipinski definition) is 3. The molecule has 96 valence electrons. The predicted octanol–water partition coefficient (Wildman–Crippen LogP) is 2.14. The van der Waals surface area contributed by atoms with Crippen molar-refractivity contribution in [1.29, 1.82) is 0 Å². The molecule has 1 unspecified atom stereocenters. The largest absolute Gasteiger partial charge is 0.481 e. The molecule has 4 heteroatoms. The number of aryl methyl sites for hydroxylation is 1. The summed E-state index contributed by atoms with van der Waals surface area (Å²) in [6.07, 6.45) is 6.95. The van der Waals surface area contributed by atoms with E-state index in [9.17, 15) is 4.79 Å². The van der Waals surface area contributed by atoms with Crippen molar-refractivity contribution in [2.24, 2.45) is 0 Å². The molecule has 0 radical (unpaired) electrons. The summed E-state index contributed by atoms with van der Waals surface area (Å²) in [4.78, 5) is 11.4. The summed E-state index contributed by atoms with van der Waals surface area (Å²) >= 11 is 0. The van der Waals surface area contributed by atoms with Crippen molar-refractivity contribution in [3.8, 4) is 5.75 Å². The number of ether oxygens (including phenoxy) is 1. The van der Waals surface area contributed by atoms with E-state index >= 15 is 0 Å². The molecule has 2 aliphatic rings. The molecular formula is C15H13NO3. The summed E-state index contributed by atoms with van der Waals surface area (Å²) in [6, 6.07) is 6.02. The SMILES string of the molecule is Cc1ccc2c(c1)OC1C=C(C(=O)NO)C=CC1=C2. The fourth-order valence-electron chi connectivity index (χ4n) is 2.22. The number of carbonyl (C=O) groups is 1. The van der Waals surface area contributed by atoms with Crippen LogP contribution in [0.5, 0.6) is 5.75 Å². The fraction of sp³-hybridized carbons (Fsp3) is 0.133. The predicted molar refractivity (Wildman–Crippen MR) is 70.7 cm³/mol. The lowest BCUT2D eigenvalue weighted by molar-refractivity contribution is -0.125. The van der Waals surface area contributed by atoms with E-state index in [0.717, 1.165) is 22.4 Å². The van der Waals surface area contributed by atoms with E-state index in [4.69, 9.17) is 9.94 Å². The lowest BCUT2D eigenvalue weighted by Crippen LogP contribution is -2.27. The first-order chi connectivity index (χ1) is 9.17. The van der Waals surface area contributed by atoms with Gasteiger partial charge in [0.2, 0.25) is 0 Å². The highest BCUT2D eigenvalue weighted by molar-refractivity contribution is 5.96. The Labute approximate surface area is 110 Å². The van der Waals surface area contributed by atoms with E-state index in [1.54, 1.807) is 17.6 Å². The smallest absolute Gasteiger partial charge is 0.274 e. The monoisotopic (exact) mass is 255 g/mol. The van der Waals surface area contributed by atoms with E-state index in [1.807, 2.05) is 37.3 Å². The van der Waals surface area contributed by atoms with E-state index in [0.29, 0.717) is 5.57 Å². The maximum Gasteiger partial charge on any atom is 0.274 e. The zero-order chi connectivity index (χ0) is 13.4. The molecule has 1 atom stereocenters.